The van der Waals surface area contributed by atoms with Gasteiger partial charge in [0.1, 0.15) is 12.4 Å². The SMILES string of the molecule is O=C(Nc1cnn(Cc2c(Cl)cccc2Cl)c1)c1ccc(COc2c(F)c(F)c(F)c(F)c2F)o1. The third-order valence-corrected chi connectivity index (χ3v) is 5.39. The number of halogens is 7. The molecular formula is C22H12Cl2F5N3O3. The second-order valence-electron chi connectivity index (χ2n) is 7.03. The number of hydrogen-bond donors (Lipinski definition) is 1. The molecule has 4 rings (SSSR count). The van der Waals surface area contributed by atoms with Gasteiger partial charge in [-0.2, -0.15) is 13.9 Å². The number of carbonyl (C=O) groups excluding carboxylic acids is 1. The summed E-state index contributed by atoms with van der Waals surface area (Å²) >= 11 is 12.3. The molecule has 0 fully saturated rings. The molecule has 182 valence electrons. The predicted molar refractivity (Wildman–Crippen MR) is 115 cm³/mol. The molecule has 2 aromatic carbocycles. The van der Waals surface area contributed by atoms with Gasteiger partial charge in [0.05, 0.1) is 18.4 Å². The van der Waals surface area contributed by atoms with Crippen LogP contribution in [0, 0.1) is 29.1 Å². The Bertz CT molecular complexity index is 1370. The third kappa shape index (κ3) is 5.10. The first-order valence-corrected chi connectivity index (χ1v) is 10.4. The summed E-state index contributed by atoms with van der Waals surface area (Å²) in [6.45, 7) is -0.462. The number of benzene rings is 2. The first kappa shape index (κ1) is 24.6. The van der Waals surface area contributed by atoms with Crippen LogP contribution >= 0.6 is 23.2 Å². The highest BCUT2D eigenvalue weighted by molar-refractivity contribution is 6.35. The molecular weight excluding hydrogens is 520 g/mol. The van der Waals surface area contributed by atoms with E-state index < -0.39 is 47.3 Å². The molecule has 0 atom stereocenters. The Balaban J connectivity index is 1.40. The largest absolute Gasteiger partial charge is 0.479 e. The summed E-state index contributed by atoms with van der Waals surface area (Å²) in [6.07, 6.45) is 2.90. The van der Waals surface area contributed by atoms with E-state index in [4.69, 9.17) is 32.4 Å². The van der Waals surface area contributed by atoms with Gasteiger partial charge in [0, 0.05) is 21.8 Å². The Hall–Kier alpha value is -3.57. The molecule has 0 aliphatic rings. The van der Waals surface area contributed by atoms with E-state index in [1.807, 2.05) is 0 Å². The fourth-order valence-electron chi connectivity index (χ4n) is 2.98. The number of ether oxygens (including phenoxy) is 1. The smallest absolute Gasteiger partial charge is 0.291 e. The van der Waals surface area contributed by atoms with Crippen molar-refractivity contribution in [3.63, 3.8) is 0 Å². The van der Waals surface area contributed by atoms with Crippen molar-refractivity contribution >= 4 is 34.8 Å². The summed E-state index contributed by atoms with van der Waals surface area (Å²) in [5.41, 5.74) is 0.954. The van der Waals surface area contributed by atoms with E-state index in [2.05, 4.69) is 10.4 Å². The first-order valence-electron chi connectivity index (χ1n) is 9.65. The lowest BCUT2D eigenvalue weighted by Gasteiger charge is -2.09. The zero-order valence-electron chi connectivity index (χ0n) is 17.2. The van der Waals surface area contributed by atoms with Gasteiger partial charge in [-0.25, -0.2) is 13.2 Å². The van der Waals surface area contributed by atoms with E-state index in [1.165, 1.54) is 29.2 Å². The average Bonchev–Trinajstić information content (AvgIpc) is 3.48. The minimum atomic E-state index is -2.30. The van der Waals surface area contributed by atoms with Crippen molar-refractivity contribution in [1.82, 2.24) is 9.78 Å². The summed E-state index contributed by atoms with van der Waals surface area (Å²) < 4.78 is 78.5. The van der Waals surface area contributed by atoms with E-state index in [9.17, 15) is 26.7 Å². The maximum absolute atomic E-state index is 13.7. The number of hydrogen-bond acceptors (Lipinski definition) is 4. The molecule has 0 saturated heterocycles. The van der Waals surface area contributed by atoms with Gasteiger partial charge < -0.3 is 14.5 Å². The van der Waals surface area contributed by atoms with Crippen LogP contribution in [0.15, 0.2) is 47.1 Å². The molecule has 2 aromatic heterocycles. The zero-order chi connectivity index (χ0) is 25.3. The van der Waals surface area contributed by atoms with Crippen molar-refractivity contribution in [2.24, 2.45) is 0 Å². The van der Waals surface area contributed by atoms with E-state index in [1.54, 1.807) is 18.2 Å². The molecule has 6 nitrogen and oxygen atoms in total. The fourth-order valence-corrected chi connectivity index (χ4v) is 3.50. The normalized spacial score (nSPS) is 11.1. The van der Waals surface area contributed by atoms with E-state index >= 15 is 0 Å². The predicted octanol–water partition coefficient (Wildman–Crippen LogP) is 6.36. The van der Waals surface area contributed by atoms with E-state index in [0.717, 1.165) is 0 Å². The topological polar surface area (TPSA) is 69.3 Å². The summed E-state index contributed by atoms with van der Waals surface area (Å²) in [5, 5.41) is 7.56. The number of aromatic nitrogens is 2. The molecule has 0 aliphatic carbocycles. The Labute approximate surface area is 203 Å². The van der Waals surface area contributed by atoms with Gasteiger partial charge >= 0.3 is 0 Å². The Morgan fingerprint density at radius 1 is 0.971 bits per heavy atom. The maximum Gasteiger partial charge on any atom is 0.291 e. The molecule has 1 amide bonds. The second-order valence-corrected chi connectivity index (χ2v) is 7.85. The molecule has 35 heavy (non-hydrogen) atoms. The van der Waals surface area contributed by atoms with Crippen LogP contribution in [0.25, 0.3) is 0 Å². The summed E-state index contributed by atoms with van der Waals surface area (Å²) in [6, 6.07) is 7.54. The van der Waals surface area contributed by atoms with Gasteiger partial charge in [-0.05, 0) is 24.3 Å². The van der Waals surface area contributed by atoms with Gasteiger partial charge in [-0.15, -0.1) is 0 Å². The van der Waals surface area contributed by atoms with Gasteiger partial charge in [-0.3, -0.25) is 9.48 Å². The molecule has 0 aliphatic heterocycles. The van der Waals surface area contributed by atoms with Crippen molar-refractivity contribution in [2.75, 3.05) is 5.32 Å². The number of nitrogens with zero attached hydrogens (tertiary/aromatic N) is 2. The van der Waals surface area contributed by atoms with Crippen molar-refractivity contribution in [1.29, 1.82) is 0 Å². The Morgan fingerprint density at radius 3 is 2.26 bits per heavy atom. The third-order valence-electron chi connectivity index (χ3n) is 4.69. The van der Waals surface area contributed by atoms with Gasteiger partial charge in [0.2, 0.25) is 29.1 Å². The Kier molecular flexibility index (Phi) is 6.99. The lowest BCUT2D eigenvalue weighted by molar-refractivity contribution is 0.0992. The van der Waals surface area contributed by atoms with E-state index in [0.29, 0.717) is 21.3 Å². The first-order chi connectivity index (χ1) is 16.7. The molecule has 4 aromatic rings. The van der Waals surface area contributed by atoms with Crippen LogP contribution in [0.2, 0.25) is 10.0 Å². The highest BCUT2D eigenvalue weighted by Crippen LogP contribution is 2.30. The molecule has 0 unspecified atom stereocenters. The zero-order valence-corrected chi connectivity index (χ0v) is 18.7. The standard InChI is InChI=1S/C22H12Cl2F5N3O3/c23-13-2-1-3-14(24)12(13)8-32-7-10(6-30-32)31-22(33)15-5-4-11(35-15)9-34-21-19(28)17(26)16(25)18(27)20(21)29/h1-7H,8-9H2,(H,31,33). The van der Waals surface area contributed by atoms with Crippen LogP contribution in [0.3, 0.4) is 0 Å². The maximum atomic E-state index is 13.7. The number of nitrogens with one attached hydrogen (secondary N) is 1. The van der Waals surface area contributed by atoms with Crippen LogP contribution in [0.1, 0.15) is 21.9 Å². The van der Waals surface area contributed by atoms with Crippen molar-refractivity contribution in [3.05, 3.63) is 98.9 Å². The fraction of sp³-hybridized carbons (Fsp3) is 0.0909. The number of anilines is 1. The monoisotopic (exact) mass is 531 g/mol. The molecule has 0 radical (unpaired) electrons. The molecule has 0 bridgehead atoms. The number of rotatable bonds is 7. The molecule has 13 heteroatoms. The highest BCUT2D eigenvalue weighted by Gasteiger charge is 2.27. The lowest BCUT2D eigenvalue weighted by Crippen LogP contribution is -2.10. The van der Waals surface area contributed by atoms with Gasteiger partial charge in [0.15, 0.2) is 11.5 Å². The quantitative estimate of drug-likeness (QED) is 0.171. The van der Waals surface area contributed by atoms with Gasteiger partial charge in [0.25, 0.3) is 5.91 Å². The lowest BCUT2D eigenvalue weighted by atomic mass is 10.2. The number of amides is 1. The minimum absolute atomic E-state index is 0.108. The minimum Gasteiger partial charge on any atom is -0.479 e. The summed E-state index contributed by atoms with van der Waals surface area (Å²) in [5.74, 6) is -13.3. The van der Waals surface area contributed by atoms with Crippen LogP contribution in [0.5, 0.6) is 5.75 Å². The van der Waals surface area contributed by atoms with Crippen LogP contribution < -0.4 is 10.1 Å². The van der Waals surface area contributed by atoms with Crippen LogP contribution in [-0.2, 0) is 13.2 Å². The van der Waals surface area contributed by atoms with Crippen LogP contribution in [0.4, 0.5) is 27.6 Å². The van der Waals surface area contributed by atoms with Crippen molar-refractivity contribution in [3.8, 4) is 5.75 Å². The Morgan fingerprint density at radius 2 is 1.60 bits per heavy atom. The summed E-state index contributed by atoms with van der Waals surface area (Å²) in [7, 11) is 0. The molecule has 0 spiro atoms. The summed E-state index contributed by atoms with van der Waals surface area (Å²) in [4.78, 5) is 12.4. The van der Waals surface area contributed by atoms with Crippen molar-refractivity contribution in [2.45, 2.75) is 13.2 Å². The van der Waals surface area contributed by atoms with E-state index in [-0.39, 0.29) is 18.1 Å². The number of furan rings is 1. The molecule has 0 saturated carbocycles. The molecule has 1 N–H and O–H groups in total. The molecule has 2 heterocycles. The van der Waals surface area contributed by atoms with Crippen LogP contribution in [-0.4, -0.2) is 15.7 Å². The second kappa shape index (κ2) is 9.96. The number of carbonyl (C=O) groups is 1. The van der Waals surface area contributed by atoms with Crippen molar-refractivity contribution < 1.29 is 35.9 Å². The van der Waals surface area contributed by atoms with Gasteiger partial charge in [-0.1, -0.05) is 29.3 Å². The highest BCUT2D eigenvalue weighted by atomic mass is 35.5. The average molecular weight is 532 g/mol.